The van der Waals surface area contributed by atoms with E-state index in [0.717, 1.165) is 0 Å². The molecule has 0 aliphatic carbocycles. The van der Waals surface area contributed by atoms with Crippen molar-refractivity contribution in [2.45, 2.75) is 42.0 Å². The first-order valence-electron chi connectivity index (χ1n) is 5.18. The predicted octanol–water partition coefficient (Wildman–Crippen LogP) is 5.84. The van der Waals surface area contributed by atoms with E-state index in [1.807, 2.05) is 0 Å². The molecule has 0 amide bonds. The summed E-state index contributed by atoms with van der Waals surface area (Å²) in [4.78, 5) is 0. The van der Waals surface area contributed by atoms with Crippen LogP contribution in [-0.2, 0) is 0 Å². The molecule has 0 aliphatic heterocycles. The molecule has 0 rings (SSSR count). The quantitative estimate of drug-likeness (QED) is 0.402. The molecule has 0 spiro atoms. The summed E-state index contributed by atoms with van der Waals surface area (Å²) in [6.07, 6.45) is -34.0. The smallest absolute Gasteiger partial charge is 0.222 e. The summed E-state index contributed by atoms with van der Waals surface area (Å²) >= 11 is 0. The minimum atomic E-state index is -7.53. The van der Waals surface area contributed by atoms with Gasteiger partial charge in [-0.15, -0.1) is 0 Å². The Morgan fingerprint density at radius 3 is 0.760 bits per heavy atom. The van der Waals surface area contributed by atoms with Gasteiger partial charge in [0.15, 0.2) is 0 Å². The van der Waals surface area contributed by atoms with Crippen LogP contribution >= 0.6 is 0 Å². The molecular formula is C9H2F16. The van der Waals surface area contributed by atoms with Crippen molar-refractivity contribution in [2.75, 3.05) is 0 Å². The summed E-state index contributed by atoms with van der Waals surface area (Å²) in [5.41, 5.74) is -13.9. The normalized spacial score (nSPS) is 18.6. The summed E-state index contributed by atoms with van der Waals surface area (Å²) < 4.78 is 196. The fourth-order valence-electron chi connectivity index (χ4n) is 1.16. The van der Waals surface area contributed by atoms with Gasteiger partial charge in [-0.2, -0.15) is 61.5 Å². The van der Waals surface area contributed by atoms with E-state index < -0.39 is 54.1 Å². The number of halogens is 16. The maximum atomic E-state index is 13.3. The summed E-state index contributed by atoms with van der Waals surface area (Å²) in [5.74, 6) is -7.53. The van der Waals surface area contributed by atoms with Crippen LogP contribution in [0.2, 0.25) is 0 Å². The number of hydrogen-bond donors (Lipinski definition) is 0. The molecule has 0 saturated carbocycles. The van der Waals surface area contributed by atoms with Crippen molar-refractivity contribution in [1.82, 2.24) is 0 Å². The molecule has 0 aliphatic rings. The van der Waals surface area contributed by atoms with Gasteiger partial charge in [0, 0.05) is 0 Å². The molecule has 25 heavy (non-hydrogen) atoms. The van der Waals surface area contributed by atoms with Gasteiger partial charge in [0.25, 0.3) is 5.67 Å². The fraction of sp³-hybridized carbons (Fsp3) is 0.778. The van der Waals surface area contributed by atoms with Gasteiger partial charge in [-0.25, -0.2) is 8.78 Å². The summed E-state index contributed by atoms with van der Waals surface area (Å²) in [6, 6.07) is 0. The first-order chi connectivity index (χ1) is 10.5. The molecule has 0 saturated heterocycles. The zero-order valence-corrected chi connectivity index (χ0v) is 10.7. The van der Waals surface area contributed by atoms with Crippen LogP contribution < -0.4 is 0 Å². The van der Waals surface area contributed by atoms with E-state index in [4.69, 9.17) is 0 Å². The van der Waals surface area contributed by atoms with Gasteiger partial charge in [0.2, 0.25) is 0 Å². The highest BCUT2D eigenvalue weighted by molar-refractivity contribution is 5.22. The average molecular weight is 414 g/mol. The van der Waals surface area contributed by atoms with Crippen molar-refractivity contribution < 1.29 is 70.2 Å². The van der Waals surface area contributed by atoms with Crippen LogP contribution in [0.4, 0.5) is 70.2 Å². The number of allylic oxidation sites excluding steroid dienone is 2. The van der Waals surface area contributed by atoms with Crippen molar-refractivity contribution in [3.05, 3.63) is 12.2 Å². The highest BCUT2D eigenvalue weighted by atomic mass is 19.4. The Balaban J connectivity index is 6.57. The van der Waals surface area contributed by atoms with Crippen LogP contribution in [0, 0.1) is 0 Å². The van der Waals surface area contributed by atoms with Crippen molar-refractivity contribution in [1.29, 1.82) is 0 Å². The molecule has 0 aromatic rings. The second-order valence-corrected chi connectivity index (χ2v) is 4.32. The minimum Gasteiger partial charge on any atom is -0.222 e. The number of alkyl halides is 16. The van der Waals surface area contributed by atoms with Gasteiger partial charge >= 0.3 is 36.3 Å². The van der Waals surface area contributed by atoms with Gasteiger partial charge in [0.1, 0.15) is 0 Å². The van der Waals surface area contributed by atoms with E-state index in [9.17, 15) is 70.2 Å². The Labute approximate surface area is 126 Å². The first-order valence-corrected chi connectivity index (χ1v) is 5.18. The van der Waals surface area contributed by atoms with Gasteiger partial charge in [-0.1, -0.05) is 0 Å². The number of hydrogen-bond acceptors (Lipinski definition) is 0. The second kappa shape index (κ2) is 5.82. The summed E-state index contributed by atoms with van der Waals surface area (Å²) in [5, 5.41) is 0. The maximum Gasteiger partial charge on any atom is 0.457 e. The van der Waals surface area contributed by atoms with E-state index in [2.05, 4.69) is 0 Å². The molecule has 16 heteroatoms. The van der Waals surface area contributed by atoms with Crippen molar-refractivity contribution in [3.8, 4) is 0 Å². The van der Waals surface area contributed by atoms with Crippen molar-refractivity contribution >= 4 is 0 Å². The Morgan fingerprint density at radius 2 is 0.560 bits per heavy atom. The van der Waals surface area contributed by atoms with Gasteiger partial charge < -0.3 is 0 Å². The highest BCUT2D eigenvalue weighted by Crippen LogP contribution is 2.55. The molecular weight excluding hydrogens is 412 g/mol. The molecule has 0 N–H and O–H groups in total. The van der Waals surface area contributed by atoms with Crippen molar-refractivity contribution in [2.24, 2.45) is 0 Å². The Kier molecular flexibility index (Phi) is 5.50. The molecule has 150 valence electrons. The molecule has 0 aromatic heterocycles. The van der Waals surface area contributed by atoms with Gasteiger partial charge in [-0.3, -0.25) is 0 Å². The zero-order chi connectivity index (χ0) is 20.9. The zero-order valence-electron chi connectivity index (χ0n) is 10.7. The monoisotopic (exact) mass is 414 g/mol. The van der Waals surface area contributed by atoms with Crippen LogP contribution in [0.1, 0.15) is 0 Å². The second-order valence-electron chi connectivity index (χ2n) is 4.32. The molecule has 0 nitrogen and oxygen atoms in total. The molecule has 0 heterocycles. The fourth-order valence-corrected chi connectivity index (χ4v) is 1.16. The molecule has 0 aromatic carbocycles. The van der Waals surface area contributed by atoms with E-state index in [1.165, 1.54) is 0 Å². The summed E-state index contributed by atoms with van der Waals surface area (Å²) in [7, 11) is 0. The van der Waals surface area contributed by atoms with E-state index in [1.54, 1.807) is 0 Å². The van der Waals surface area contributed by atoms with E-state index in [-0.39, 0.29) is 0 Å². The highest BCUT2D eigenvalue weighted by Gasteiger charge is 2.81. The third kappa shape index (κ3) is 3.75. The molecule has 1 unspecified atom stereocenters. The molecule has 0 radical (unpaired) electrons. The predicted molar refractivity (Wildman–Crippen MR) is 46.0 cm³/mol. The van der Waals surface area contributed by atoms with Crippen LogP contribution in [-0.4, -0.2) is 42.0 Å². The lowest BCUT2D eigenvalue weighted by Crippen LogP contribution is -2.61. The molecule has 0 fully saturated rings. The molecule has 0 bridgehead atoms. The standard InChI is InChI=1S/C9H2F16/c10-3(6(14,15)16,5(12,13)9(23,24)25)1-2-4(11,7(17,18)19)8(20,21)22/h1-2H. The van der Waals surface area contributed by atoms with Gasteiger partial charge in [-0.05, 0) is 12.2 Å². The maximum absolute atomic E-state index is 13.3. The first kappa shape index (κ1) is 23.6. The van der Waals surface area contributed by atoms with E-state index in [0.29, 0.717) is 0 Å². The average Bonchev–Trinajstić information content (AvgIpc) is 2.29. The Hall–Kier alpha value is -1.38. The third-order valence-corrected chi connectivity index (χ3v) is 2.59. The minimum absolute atomic E-state index is 2.43. The summed E-state index contributed by atoms with van der Waals surface area (Å²) in [6.45, 7) is 0. The van der Waals surface area contributed by atoms with Crippen LogP contribution in [0.15, 0.2) is 12.2 Å². The van der Waals surface area contributed by atoms with Crippen molar-refractivity contribution in [3.63, 3.8) is 0 Å². The number of rotatable bonds is 3. The lowest BCUT2D eigenvalue weighted by atomic mass is 9.92. The van der Waals surface area contributed by atoms with Crippen LogP contribution in [0.25, 0.3) is 0 Å². The van der Waals surface area contributed by atoms with Gasteiger partial charge in [0.05, 0.1) is 0 Å². The van der Waals surface area contributed by atoms with E-state index >= 15 is 0 Å². The SMILES string of the molecule is FC(F)(F)C(F)(F)C(F)(C=CC(F)(C(F)(F)F)C(F)(F)F)C(F)(F)F. The van der Waals surface area contributed by atoms with Crippen LogP contribution in [0.3, 0.4) is 0 Å². The lowest BCUT2D eigenvalue weighted by Gasteiger charge is -2.34. The Bertz CT molecular complexity index is 484. The lowest BCUT2D eigenvalue weighted by molar-refractivity contribution is -0.370. The largest absolute Gasteiger partial charge is 0.457 e. The topological polar surface area (TPSA) is 0 Å². The van der Waals surface area contributed by atoms with Crippen LogP contribution in [0.5, 0.6) is 0 Å². The third-order valence-electron chi connectivity index (χ3n) is 2.59. The Morgan fingerprint density at radius 1 is 0.320 bits per heavy atom. The molecule has 1 atom stereocenters.